The van der Waals surface area contributed by atoms with Crippen LogP contribution in [0.25, 0.3) is 0 Å². The summed E-state index contributed by atoms with van der Waals surface area (Å²) < 4.78 is 5.04. The quantitative estimate of drug-likeness (QED) is 0.626. The van der Waals surface area contributed by atoms with Gasteiger partial charge in [0.05, 0.1) is 6.61 Å². The highest BCUT2D eigenvalue weighted by atomic mass is 35.5. The van der Waals surface area contributed by atoms with E-state index in [1.807, 2.05) is 0 Å². The Labute approximate surface area is 74.3 Å². The fraction of sp³-hybridized carbons (Fsp3) is 1.00. The highest BCUT2D eigenvalue weighted by Gasteiger charge is 2.07. The highest BCUT2D eigenvalue weighted by Crippen LogP contribution is 1.96. The van der Waals surface area contributed by atoms with Crippen LogP contribution in [0.2, 0.25) is 0 Å². The summed E-state index contributed by atoms with van der Waals surface area (Å²) in [6, 6.07) is 0.899. The smallest absolute Gasteiger partial charge is 0.0616 e. The monoisotopic (exact) mass is 179 g/mol. The first kappa shape index (κ1) is 11.2. The van der Waals surface area contributed by atoms with E-state index >= 15 is 0 Å². The van der Waals surface area contributed by atoms with Crippen LogP contribution in [-0.2, 0) is 4.74 Å². The van der Waals surface area contributed by atoms with Crippen LogP contribution in [-0.4, -0.2) is 31.7 Å². The van der Waals surface area contributed by atoms with E-state index in [0.717, 1.165) is 13.0 Å². The van der Waals surface area contributed by atoms with E-state index in [4.69, 9.17) is 16.3 Å². The van der Waals surface area contributed by atoms with E-state index in [9.17, 15) is 0 Å². The number of nitrogens with one attached hydrogen (secondary N) is 1. The molecule has 0 bridgehead atoms. The Bertz CT molecular complexity index is 82.2. The van der Waals surface area contributed by atoms with Crippen molar-refractivity contribution >= 4 is 11.6 Å². The number of halogens is 1. The van der Waals surface area contributed by atoms with Crippen molar-refractivity contribution in [2.45, 2.75) is 32.4 Å². The SMILES string of the molecule is COCC(CCCl)NC(C)C. The van der Waals surface area contributed by atoms with Crippen molar-refractivity contribution in [2.75, 3.05) is 19.6 Å². The zero-order valence-electron chi connectivity index (χ0n) is 7.56. The Balaban J connectivity index is 3.50. The van der Waals surface area contributed by atoms with Gasteiger partial charge < -0.3 is 10.1 Å². The molecule has 0 heterocycles. The van der Waals surface area contributed by atoms with Gasteiger partial charge in [0.1, 0.15) is 0 Å². The van der Waals surface area contributed by atoms with Crippen molar-refractivity contribution in [2.24, 2.45) is 0 Å². The average Bonchev–Trinajstić information content (AvgIpc) is 1.87. The molecule has 0 spiro atoms. The molecule has 0 saturated carbocycles. The van der Waals surface area contributed by atoms with Crippen LogP contribution in [0.4, 0.5) is 0 Å². The second-order valence-electron chi connectivity index (χ2n) is 2.95. The molecule has 1 unspecified atom stereocenters. The molecule has 0 aromatic rings. The van der Waals surface area contributed by atoms with Gasteiger partial charge in [0.2, 0.25) is 0 Å². The number of methoxy groups -OCH3 is 1. The van der Waals surface area contributed by atoms with Gasteiger partial charge in [-0.3, -0.25) is 0 Å². The molecule has 11 heavy (non-hydrogen) atoms. The van der Waals surface area contributed by atoms with Crippen LogP contribution >= 0.6 is 11.6 Å². The van der Waals surface area contributed by atoms with Gasteiger partial charge in [0.15, 0.2) is 0 Å². The lowest BCUT2D eigenvalue weighted by molar-refractivity contribution is 0.161. The zero-order valence-corrected chi connectivity index (χ0v) is 8.32. The van der Waals surface area contributed by atoms with Gasteiger partial charge in [0, 0.05) is 25.1 Å². The molecule has 0 aromatic heterocycles. The molecule has 2 nitrogen and oxygen atoms in total. The molecule has 0 aromatic carbocycles. The van der Waals surface area contributed by atoms with Crippen LogP contribution in [0.5, 0.6) is 0 Å². The summed E-state index contributed by atoms with van der Waals surface area (Å²) >= 11 is 5.62. The van der Waals surface area contributed by atoms with Crippen LogP contribution in [0.15, 0.2) is 0 Å². The number of hydrogen-bond donors (Lipinski definition) is 1. The molecular formula is C8H18ClNO. The van der Waals surface area contributed by atoms with Gasteiger partial charge in [0.25, 0.3) is 0 Å². The highest BCUT2D eigenvalue weighted by molar-refractivity contribution is 6.17. The Morgan fingerprint density at radius 3 is 2.45 bits per heavy atom. The van der Waals surface area contributed by atoms with Crippen LogP contribution in [0.1, 0.15) is 20.3 Å². The predicted molar refractivity (Wildman–Crippen MR) is 49.3 cm³/mol. The van der Waals surface area contributed by atoms with E-state index < -0.39 is 0 Å². The summed E-state index contributed by atoms with van der Waals surface area (Å²) in [6.45, 7) is 4.98. The summed E-state index contributed by atoms with van der Waals surface area (Å²) in [5, 5.41) is 3.37. The zero-order chi connectivity index (χ0) is 8.69. The maximum atomic E-state index is 5.62. The minimum absolute atomic E-state index is 0.400. The van der Waals surface area contributed by atoms with E-state index in [-0.39, 0.29) is 0 Å². The van der Waals surface area contributed by atoms with Crippen LogP contribution in [0.3, 0.4) is 0 Å². The second kappa shape index (κ2) is 6.89. The average molecular weight is 180 g/mol. The Morgan fingerprint density at radius 1 is 1.45 bits per heavy atom. The van der Waals surface area contributed by atoms with Crippen molar-refractivity contribution in [1.29, 1.82) is 0 Å². The molecule has 0 amide bonds. The summed E-state index contributed by atoms with van der Waals surface area (Å²) in [5.74, 6) is 0.688. The van der Waals surface area contributed by atoms with E-state index in [0.29, 0.717) is 18.0 Å². The molecule has 0 radical (unpaired) electrons. The predicted octanol–water partition coefficient (Wildman–Crippen LogP) is 1.63. The lowest BCUT2D eigenvalue weighted by Crippen LogP contribution is -2.38. The first-order chi connectivity index (χ1) is 5.20. The largest absolute Gasteiger partial charge is 0.383 e. The summed E-state index contributed by atoms with van der Waals surface area (Å²) in [4.78, 5) is 0. The summed E-state index contributed by atoms with van der Waals surface area (Å²) in [7, 11) is 1.71. The molecule has 0 fully saturated rings. The van der Waals surface area contributed by atoms with Crippen molar-refractivity contribution in [3.63, 3.8) is 0 Å². The Kier molecular flexibility index (Phi) is 7.02. The van der Waals surface area contributed by atoms with Gasteiger partial charge in [-0.1, -0.05) is 13.8 Å². The summed E-state index contributed by atoms with van der Waals surface area (Å²) in [6.07, 6.45) is 0.966. The Hall–Kier alpha value is 0.210. The number of rotatable bonds is 6. The molecule has 3 heteroatoms. The lowest BCUT2D eigenvalue weighted by Gasteiger charge is -2.19. The minimum atomic E-state index is 0.400. The fourth-order valence-electron chi connectivity index (χ4n) is 1.02. The standard InChI is InChI=1S/C8H18ClNO/c1-7(2)10-8(4-5-9)6-11-3/h7-8,10H,4-6H2,1-3H3. The molecule has 0 aliphatic rings. The maximum absolute atomic E-state index is 5.62. The third-order valence-corrected chi connectivity index (χ3v) is 1.61. The van der Waals surface area contributed by atoms with E-state index in [1.165, 1.54) is 0 Å². The molecule has 68 valence electrons. The number of hydrogen-bond acceptors (Lipinski definition) is 2. The molecule has 1 atom stereocenters. The minimum Gasteiger partial charge on any atom is -0.383 e. The van der Waals surface area contributed by atoms with Crippen molar-refractivity contribution in [3.05, 3.63) is 0 Å². The summed E-state index contributed by atoms with van der Waals surface area (Å²) in [5.41, 5.74) is 0. The van der Waals surface area contributed by atoms with Crippen molar-refractivity contribution < 1.29 is 4.74 Å². The second-order valence-corrected chi connectivity index (χ2v) is 3.33. The van der Waals surface area contributed by atoms with Gasteiger partial charge in [-0.15, -0.1) is 11.6 Å². The van der Waals surface area contributed by atoms with Gasteiger partial charge >= 0.3 is 0 Å². The third kappa shape index (κ3) is 6.60. The normalized spacial score (nSPS) is 13.9. The first-order valence-corrected chi connectivity index (χ1v) is 4.55. The molecule has 0 aliphatic carbocycles. The van der Waals surface area contributed by atoms with Crippen LogP contribution in [0, 0.1) is 0 Å². The topological polar surface area (TPSA) is 21.3 Å². The van der Waals surface area contributed by atoms with Crippen LogP contribution < -0.4 is 5.32 Å². The van der Waals surface area contributed by atoms with Gasteiger partial charge in [-0.25, -0.2) is 0 Å². The maximum Gasteiger partial charge on any atom is 0.0616 e. The molecular weight excluding hydrogens is 162 g/mol. The van der Waals surface area contributed by atoms with Gasteiger partial charge in [-0.05, 0) is 6.42 Å². The Morgan fingerprint density at radius 2 is 2.09 bits per heavy atom. The van der Waals surface area contributed by atoms with E-state index in [2.05, 4.69) is 19.2 Å². The molecule has 0 aliphatic heterocycles. The number of alkyl halides is 1. The molecule has 1 N–H and O–H groups in total. The molecule has 0 saturated heterocycles. The van der Waals surface area contributed by atoms with E-state index in [1.54, 1.807) is 7.11 Å². The fourth-order valence-corrected chi connectivity index (χ4v) is 1.28. The van der Waals surface area contributed by atoms with Gasteiger partial charge in [-0.2, -0.15) is 0 Å². The first-order valence-electron chi connectivity index (χ1n) is 4.01. The van der Waals surface area contributed by atoms with Crippen molar-refractivity contribution in [1.82, 2.24) is 5.32 Å². The number of ether oxygens (including phenoxy) is 1. The lowest BCUT2D eigenvalue weighted by atomic mass is 10.2. The molecule has 0 rings (SSSR count). The van der Waals surface area contributed by atoms with Crippen molar-refractivity contribution in [3.8, 4) is 0 Å². The third-order valence-electron chi connectivity index (χ3n) is 1.39.